The Bertz CT molecular complexity index is 1650. The molecule has 0 radical (unpaired) electrons. The molecular formula is C29H30ClFN6O3. The van der Waals surface area contributed by atoms with Gasteiger partial charge in [-0.3, -0.25) is 19.0 Å². The van der Waals surface area contributed by atoms with Crippen molar-refractivity contribution in [3.8, 4) is 16.9 Å². The molecule has 3 N–H and O–H groups in total. The number of nitrogen functional groups attached to an aromatic ring is 1. The molecule has 1 fully saturated rings. The van der Waals surface area contributed by atoms with Gasteiger partial charge in [0.25, 0.3) is 5.91 Å². The lowest BCUT2D eigenvalue weighted by atomic mass is 9.93. The molecule has 9 nitrogen and oxygen atoms in total. The Morgan fingerprint density at radius 2 is 1.95 bits per heavy atom. The molecule has 5 rings (SSSR count). The molecule has 1 aliphatic carbocycles. The van der Waals surface area contributed by atoms with Gasteiger partial charge in [0, 0.05) is 35.6 Å². The number of imidazole rings is 1. The Kier molecular flexibility index (Phi) is 6.99. The van der Waals surface area contributed by atoms with Crippen LogP contribution < -0.4 is 15.8 Å². The fraction of sp³-hybridized carbons (Fsp3) is 0.345. The minimum Gasteiger partial charge on any atom is -0.490 e. The number of hydrogen-bond donors (Lipinski definition) is 2. The monoisotopic (exact) mass is 564 g/mol. The number of aromatic nitrogens is 4. The highest BCUT2D eigenvalue weighted by Crippen LogP contribution is 2.44. The van der Waals surface area contributed by atoms with E-state index >= 15 is 4.39 Å². The molecule has 1 aromatic carbocycles. The average Bonchev–Trinajstić information content (AvgIpc) is 3.61. The summed E-state index contributed by atoms with van der Waals surface area (Å²) in [5.74, 6) is -0.286. The van der Waals surface area contributed by atoms with Gasteiger partial charge < -0.3 is 15.8 Å². The Balaban J connectivity index is 1.59. The Morgan fingerprint density at radius 3 is 2.55 bits per heavy atom. The number of nitrogens with one attached hydrogen (secondary N) is 1. The number of rotatable bonds is 8. The lowest BCUT2D eigenvalue weighted by molar-refractivity contribution is -0.119. The predicted molar refractivity (Wildman–Crippen MR) is 150 cm³/mol. The van der Waals surface area contributed by atoms with E-state index in [1.807, 2.05) is 32.1 Å². The molecule has 0 bridgehead atoms. The van der Waals surface area contributed by atoms with Gasteiger partial charge in [-0.2, -0.15) is 0 Å². The van der Waals surface area contributed by atoms with Crippen molar-refractivity contribution in [3.63, 3.8) is 0 Å². The maximum atomic E-state index is 15.7. The number of anilines is 1. The molecule has 1 amide bonds. The van der Waals surface area contributed by atoms with Gasteiger partial charge in [-0.25, -0.2) is 14.4 Å². The van der Waals surface area contributed by atoms with Crippen LogP contribution in [0.15, 0.2) is 36.8 Å². The van der Waals surface area contributed by atoms with Crippen molar-refractivity contribution in [2.45, 2.75) is 65.0 Å². The number of amides is 1. The van der Waals surface area contributed by atoms with Crippen molar-refractivity contribution >= 4 is 34.6 Å². The molecule has 4 aromatic rings. The van der Waals surface area contributed by atoms with Crippen LogP contribution >= 0.6 is 11.6 Å². The summed E-state index contributed by atoms with van der Waals surface area (Å²) in [6.45, 7) is 8.93. The van der Waals surface area contributed by atoms with Crippen LogP contribution in [0.25, 0.3) is 16.6 Å². The smallest absolute Gasteiger partial charge is 0.270 e. The molecule has 0 aliphatic heterocycles. The number of ketones is 1. The van der Waals surface area contributed by atoms with Crippen LogP contribution in [0.5, 0.6) is 5.75 Å². The molecule has 1 saturated carbocycles. The lowest BCUT2D eigenvalue weighted by Crippen LogP contribution is -2.42. The van der Waals surface area contributed by atoms with Crippen molar-refractivity contribution in [1.82, 2.24) is 24.7 Å². The number of nitrogens with zero attached hydrogens (tertiary/aromatic N) is 4. The van der Waals surface area contributed by atoms with Gasteiger partial charge in [-0.05, 0) is 52.7 Å². The SMILES string of the molecule is CC(=O)C1(NC(=O)c2ccc(-c3c(F)c(Cl)cc([C@H](C)c4nc(C)c5c(N)nccn45)c3OC(C)C)cn2)CC1. The summed E-state index contributed by atoms with van der Waals surface area (Å²) in [5, 5.41) is 2.68. The molecule has 1 aliphatic rings. The number of carbonyl (C=O) groups is 2. The van der Waals surface area contributed by atoms with E-state index < -0.39 is 17.3 Å². The number of carbonyl (C=O) groups excluding carboxylic acids is 2. The Hall–Kier alpha value is -4.05. The number of hydrogen-bond acceptors (Lipinski definition) is 7. The van der Waals surface area contributed by atoms with E-state index in [-0.39, 0.29) is 34.1 Å². The standard InChI is InChI=1S/C29H30ClFN6O3/c1-14(2)40-25-19(15(3)27-35-16(4)24-26(32)33-10-11-37(24)27)12-20(30)23(31)22(25)18-6-7-21(34-13-18)28(39)36-29(8-9-29)17(5)38/h6-7,10-15H,8-9H2,1-5H3,(H2,32,33)(H,36,39)/t15-/m0/s1. The van der Waals surface area contributed by atoms with Gasteiger partial charge >= 0.3 is 0 Å². The molecule has 3 heterocycles. The second-order valence-electron chi connectivity index (χ2n) is 10.5. The molecule has 0 spiro atoms. The maximum absolute atomic E-state index is 15.7. The zero-order valence-electron chi connectivity index (χ0n) is 22.9. The topological polar surface area (TPSA) is 124 Å². The largest absolute Gasteiger partial charge is 0.490 e. The molecule has 0 saturated heterocycles. The first kappa shape index (κ1) is 27.5. The molecule has 11 heteroatoms. The van der Waals surface area contributed by atoms with Crippen molar-refractivity contribution < 1.29 is 18.7 Å². The summed E-state index contributed by atoms with van der Waals surface area (Å²) >= 11 is 6.44. The number of ether oxygens (including phenoxy) is 1. The van der Waals surface area contributed by atoms with Gasteiger partial charge in [0.15, 0.2) is 11.6 Å². The second-order valence-corrected chi connectivity index (χ2v) is 10.9. The van der Waals surface area contributed by atoms with Gasteiger partial charge in [0.05, 0.1) is 27.9 Å². The number of nitrogens with two attached hydrogens (primary N) is 1. The summed E-state index contributed by atoms with van der Waals surface area (Å²) in [6, 6.07) is 4.63. The fourth-order valence-electron chi connectivity index (χ4n) is 4.93. The first-order valence-corrected chi connectivity index (χ1v) is 13.4. The first-order valence-electron chi connectivity index (χ1n) is 13.0. The number of fused-ring (bicyclic) bond motifs is 1. The van der Waals surface area contributed by atoms with E-state index in [2.05, 4.69) is 15.3 Å². The van der Waals surface area contributed by atoms with E-state index in [0.29, 0.717) is 52.6 Å². The highest BCUT2D eigenvalue weighted by atomic mass is 35.5. The van der Waals surface area contributed by atoms with Crippen LogP contribution in [0, 0.1) is 12.7 Å². The van der Waals surface area contributed by atoms with E-state index in [4.69, 9.17) is 27.1 Å². The van der Waals surface area contributed by atoms with E-state index in [1.54, 1.807) is 24.5 Å². The summed E-state index contributed by atoms with van der Waals surface area (Å²) in [7, 11) is 0. The minimum absolute atomic E-state index is 0.0880. The third kappa shape index (κ3) is 4.77. The molecular weight excluding hydrogens is 535 g/mol. The predicted octanol–water partition coefficient (Wildman–Crippen LogP) is 5.26. The number of benzene rings is 1. The third-order valence-electron chi connectivity index (χ3n) is 7.25. The fourth-order valence-corrected chi connectivity index (χ4v) is 5.14. The molecule has 3 aromatic heterocycles. The first-order chi connectivity index (χ1) is 18.9. The maximum Gasteiger partial charge on any atom is 0.270 e. The summed E-state index contributed by atoms with van der Waals surface area (Å²) in [5.41, 5.74) is 7.96. The summed E-state index contributed by atoms with van der Waals surface area (Å²) in [6.07, 6.45) is 5.69. The van der Waals surface area contributed by atoms with Crippen LogP contribution in [-0.4, -0.2) is 42.7 Å². The van der Waals surface area contributed by atoms with Crippen molar-refractivity contribution in [2.75, 3.05) is 5.73 Å². The van der Waals surface area contributed by atoms with Crippen LogP contribution in [0.1, 0.15) is 74.0 Å². The average molecular weight is 565 g/mol. The van der Waals surface area contributed by atoms with Crippen LogP contribution in [-0.2, 0) is 4.79 Å². The van der Waals surface area contributed by atoms with Crippen molar-refractivity contribution in [3.05, 3.63) is 70.4 Å². The normalized spacial score (nSPS) is 14.8. The summed E-state index contributed by atoms with van der Waals surface area (Å²) < 4.78 is 23.8. The highest BCUT2D eigenvalue weighted by Gasteiger charge is 2.48. The van der Waals surface area contributed by atoms with Crippen LogP contribution in [0.2, 0.25) is 5.02 Å². The van der Waals surface area contributed by atoms with Gasteiger partial charge in [-0.1, -0.05) is 24.6 Å². The number of Topliss-reactive ketones (excluding diaryl/α,β-unsaturated/α-hetero) is 1. The zero-order valence-corrected chi connectivity index (χ0v) is 23.6. The highest BCUT2D eigenvalue weighted by molar-refractivity contribution is 6.31. The van der Waals surface area contributed by atoms with Gasteiger partial charge in [0.2, 0.25) is 0 Å². The third-order valence-corrected chi connectivity index (χ3v) is 7.53. The van der Waals surface area contributed by atoms with Crippen LogP contribution in [0.4, 0.5) is 10.2 Å². The Morgan fingerprint density at radius 1 is 1.23 bits per heavy atom. The lowest BCUT2D eigenvalue weighted by Gasteiger charge is -2.23. The van der Waals surface area contributed by atoms with Crippen molar-refractivity contribution in [2.24, 2.45) is 0 Å². The second kappa shape index (κ2) is 10.2. The molecule has 208 valence electrons. The van der Waals surface area contributed by atoms with E-state index in [1.165, 1.54) is 19.2 Å². The van der Waals surface area contributed by atoms with Gasteiger partial charge in [-0.15, -0.1) is 0 Å². The van der Waals surface area contributed by atoms with E-state index in [0.717, 1.165) is 0 Å². The minimum atomic E-state index is -0.810. The number of aryl methyl sites for hydroxylation is 1. The number of pyridine rings is 1. The number of halogens is 2. The molecule has 0 unspecified atom stereocenters. The quantitative estimate of drug-likeness (QED) is 0.299. The summed E-state index contributed by atoms with van der Waals surface area (Å²) in [4.78, 5) is 37.8. The van der Waals surface area contributed by atoms with Crippen LogP contribution in [0.3, 0.4) is 0 Å². The van der Waals surface area contributed by atoms with Crippen molar-refractivity contribution in [1.29, 1.82) is 0 Å². The zero-order chi connectivity index (χ0) is 28.9. The van der Waals surface area contributed by atoms with Gasteiger partial charge in [0.1, 0.15) is 28.6 Å². The molecule has 40 heavy (non-hydrogen) atoms. The van der Waals surface area contributed by atoms with E-state index in [9.17, 15) is 9.59 Å². The molecule has 1 atom stereocenters. The Labute approximate surface area is 235 Å².